The fourth-order valence-corrected chi connectivity index (χ4v) is 2.89. The van der Waals surface area contributed by atoms with E-state index in [4.69, 9.17) is 21.1 Å². The maximum Gasteiger partial charge on any atom is 0.407 e. The SMILES string of the molecule is CC(C)Oc1nc(Cl)cc(N2CCC(CNC(=O)OC(C)(C)C)CC2)n1. The van der Waals surface area contributed by atoms with Gasteiger partial charge < -0.3 is 19.7 Å². The number of aromatic nitrogens is 2. The third-order valence-corrected chi connectivity index (χ3v) is 4.07. The number of hydrogen-bond donors (Lipinski definition) is 1. The van der Waals surface area contributed by atoms with Gasteiger partial charge >= 0.3 is 12.1 Å². The second-order valence-corrected chi connectivity index (χ2v) is 8.20. The van der Waals surface area contributed by atoms with Crippen molar-refractivity contribution < 1.29 is 14.3 Å². The zero-order chi connectivity index (χ0) is 19.3. The van der Waals surface area contributed by atoms with Crippen molar-refractivity contribution in [3.8, 4) is 6.01 Å². The highest BCUT2D eigenvalue weighted by molar-refractivity contribution is 6.29. The Morgan fingerprint density at radius 3 is 2.58 bits per heavy atom. The van der Waals surface area contributed by atoms with Crippen LogP contribution >= 0.6 is 11.6 Å². The molecule has 1 aliphatic rings. The van der Waals surface area contributed by atoms with Gasteiger partial charge in [0.25, 0.3) is 0 Å². The third kappa shape index (κ3) is 6.86. The molecular weight excluding hydrogens is 356 g/mol. The average molecular weight is 385 g/mol. The predicted molar refractivity (Wildman–Crippen MR) is 102 cm³/mol. The summed E-state index contributed by atoms with van der Waals surface area (Å²) < 4.78 is 10.8. The van der Waals surface area contributed by atoms with Crippen molar-refractivity contribution in [3.63, 3.8) is 0 Å². The number of nitrogens with zero attached hydrogens (tertiary/aromatic N) is 3. The summed E-state index contributed by atoms with van der Waals surface area (Å²) in [7, 11) is 0. The molecule has 1 fully saturated rings. The molecule has 0 spiro atoms. The van der Waals surface area contributed by atoms with Crippen LogP contribution in [0.4, 0.5) is 10.6 Å². The molecule has 1 aromatic heterocycles. The number of amides is 1. The Labute approximate surface area is 160 Å². The van der Waals surface area contributed by atoms with Crippen LogP contribution in [-0.2, 0) is 4.74 Å². The number of piperidine rings is 1. The van der Waals surface area contributed by atoms with E-state index in [2.05, 4.69) is 20.2 Å². The summed E-state index contributed by atoms with van der Waals surface area (Å²) in [6.45, 7) is 11.7. The molecule has 1 saturated heterocycles. The standard InChI is InChI=1S/C18H29ClN4O3/c1-12(2)25-16-21-14(19)10-15(22-16)23-8-6-13(7-9-23)11-20-17(24)26-18(3,4)5/h10,12-13H,6-9,11H2,1-5H3,(H,20,24). The van der Waals surface area contributed by atoms with E-state index in [1.165, 1.54) is 0 Å². The minimum Gasteiger partial charge on any atom is -0.461 e. The first-order valence-electron chi connectivity index (χ1n) is 9.05. The quantitative estimate of drug-likeness (QED) is 0.780. The Morgan fingerprint density at radius 1 is 1.35 bits per heavy atom. The molecule has 0 saturated carbocycles. The zero-order valence-corrected chi connectivity index (χ0v) is 17.0. The van der Waals surface area contributed by atoms with Crippen molar-refractivity contribution in [1.29, 1.82) is 0 Å². The molecule has 1 aromatic rings. The molecule has 0 atom stereocenters. The summed E-state index contributed by atoms with van der Waals surface area (Å²) in [6.07, 6.45) is 1.54. The summed E-state index contributed by atoms with van der Waals surface area (Å²) >= 11 is 6.10. The van der Waals surface area contributed by atoms with Gasteiger partial charge in [-0.05, 0) is 53.4 Å². The highest BCUT2D eigenvalue weighted by atomic mass is 35.5. The molecule has 0 aliphatic carbocycles. The van der Waals surface area contributed by atoms with Crippen molar-refractivity contribution in [3.05, 3.63) is 11.2 Å². The number of alkyl carbamates (subject to hydrolysis) is 1. The van der Waals surface area contributed by atoms with E-state index in [9.17, 15) is 4.79 Å². The molecular formula is C18H29ClN4O3. The Morgan fingerprint density at radius 2 is 2.00 bits per heavy atom. The number of carbonyl (C=O) groups is 1. The van der Waals surface area contributed by atoms with Crippen LogP contribution in [0.1, 0.15) is 47.5 Å². The predicted octanol–water partition coefficient (Wildman–Crippen LogP) is 3.66. The highest BCUT2D eigenvalue weighted by Crippen LogP contribution is 2.25. The lowest BCUT2D eigenvalue weighted by Gasteiger charge is -2.33. The number of hydrogen-bond acceptors (Lipinski definition) is 6. The van der Waals surface area contributed by atoms with Crippen LogP contribution in [-0.4, -0.2) is 47.4 Å². The van der Waals surface area contributed by atoms with E-state index in [0.29, 0.717) is 23.6 Å². The van der Waals surface area contributed by atoms with Crippen molar-refractivity contribution in [2.24, 2.45) is 5.92 Å². The lowest BCUT2D eigenvalue weighted by molar-refractivity contribution is 0.0516. The first kappa shape index (κ1) is 20.6. The molecule has 1 amide bonds. The van der Waals surface area contributed by atoms with Crippen LogP contribution in [0.5, 0.6) is 6.01 Å². The van der Waals surface area contributed by atoms with E-state index < -0.39 is 5.60 Å². The molecule has 1 aliphatic heterocycles. The van der Waals surface area contributed by atoms with Crippen LogP contribution in [0.3, 0.4) is 0 Å². The maximum atomic E-state index is 11.8. The summed E-state index contributed by atoms with van der Waals surface area (Å²) in [5, 5.41) is 3.23. The van der Waals surface area contributed by atoms with E-state index in [0.717, 1.165) is 31.7 Å². The number of rotatable bonds is 5. The largest absolute Gasteiger partial charge is 0.461 e. The van der Waals surface area contributed by atoms with Crippen LogP contribution in [0.2, 0.25) is 5.15 Å². The fraction of sp³-hybridized carbons (Fsp3) is 0.722. The second kappa shape index (κ2) is 8.75. The molecule has 26 heavy (non-hydrogen) atoms. The summed E-state index contributed by atoms with van der Waals surface area (Å²) in [5.74, 6) is 1.20. The van der Waals surface area contributed by atoms with Crippen LogP contribution in [0.25, 0.3) is 0 Å². The molecule has 2 heterocycles. The monoisotopic (exact) mass is 384 g/mol. The molecule has 7 nitrogen and oxygen atoms in total. The van der Waals surface area contributed by atoms with Gasteiger partial charge in [0.2, 0.25) is 0 Å². The van der Waals surface area contributed by atoms with Gasteiger partial charge in [0.15, 0.2) is 0 Å². The van der Waals surface area contributed by atoms with Crippen molar-refractivity contribution >= 4 is 23.5 Å². The van der Waals surface area contributed by atoms with Gasteiger partial charge in [0.1, 0.15) is 16.6 Å². The fourth-order valence-electron chi connectivity index (χ4n) is 2.72. The second-order valence-electron chi connectivity index (χ2n) is 7.81. The van der Waals surface area contributed by atoms with E-state index >= 15 is 0 Å². The van der Waals surface area contributed by atoms with Gasteiger partial charge in [-0.1, -0.05) is 11.6 Å². The van der Waals surface area contributed by atoms with Gasteiger partial charge in [0, 0.05) is 25.7 Å². The summed E-state index contributed by atoms with van der Waals surface area (Å²) in [6, 6.07) is 2.06. The van der Waals surface area contributed by atoms with Gasteiger partial charge in [-0.25, -0.2) is 4.79 Å². The first-order valence-corrected chi connectivity index (χ1v) is 9.43. The Balaban J connectivity index is 1.84. The molecule has 2 rings (SSSR count). The number of halogens is 1. The highest BCUT2D eigenvalue weighted by Gasteiger charge is 2.23. The maximum absolute atomic E-state index is 11.8. The third-order valence-electron chi connectivity index (χ3n) is 3.87. The molecule has 146 valence electrons. The molecule has 0 unspecified atom stereocenters. The minimum atomic E-state index is -0.477. The number of nitrogens with one attached hydrogen (secondary N) is 1. The van der Waals surface area contributed by atoms with Crippen LogP contribution in [0, 0.1) is 5.92 Å². The first-order chi connectivity index (χ1) is 12.1. The zero-order valence-electron chi connectivity index (χ0n) is 16.2. The minimum absolute atomic E-state index is 0.00835. The number of anilines is 1. The van der Waals surface area contributed by atoms with Crippen molar-refractivity contribution in [2.75, 3.05) is 24.5 Å². The lowest BCUT2D eigenvalue weighted by Crippen LogP contribution is -2.40. The van der Waals surface area contributed by atoms with Gasteiger partial charge in [0.05, 0.1) is 6.10 Å². The van der Waals surface area contributed by atoms with E-state index in [1.807, 2.05) is 34.6 Å². The molecule has 0 radical (unpaired) electrons. The molecule has 1 N–H and O–H groups in total. The average Bonchev–Trinajstić information content (AvgIpc) is 2.50. The van der Waals surface area contributed by atoms with E-state index in [-0.39, 0.29) is 12.2 Å². The Bertz CT molecular complexity index is 611. The van der Waals surface area contributed by atoms with Crippen molar-refractivity contribution in [2.45, 2.75) is 59.2 Å². The smallest absolute Gasteiger partial charge is 0.407 e. The van der Waals surface area contributed by atoms with Crippen LogP contribution in [0.15, 0.2) is 6.07 Å². The van der Waals surface area contributed by atoms with Gasteiger partial charge in [-0.15, -0.1) is 0 Å². The number of carbonyl (C=O) groups excluding carboxylic acids is 1. The Hall–Kier alpha value is -1.76. The molecule has 8 heteroatoms. The van der Waals surface area contributed by atoms with Gasteiger partial charge in [-0.3, -0.25) is 0 Å². The van der Waals surface area contributed by atoms with Crippen molar-refractivity contribution in [1.82, 2.24) is 15.3 Å². The van der Waals surface area contributed by atoms with Gasteiger partial charge in [-0.2, -0.15) is 9.97 Å². The normalized spacial score (nSPS) is 15.9. The number of ether oxygens (including phenoxy) is 2. The van der Waals surface area contributed by atoms with E-state index in [1.54, 1.807) is 6.07 Å². The lowest BCUT2D eigenvalue weighted by atomic mass is 9.97. The molecule has 0 aromatic carbocycles. The molecule has 0 bridgehead atoms. The van der Waals surface area contributed by atoms with Crippen LogP contribution < -0.4 is 15.0 Å². The Kier molecular flexibility index (Phi) is 6.92. The topological polar surface area (TPSA) is 76.6 Å². The summed E-state index contributed by atoms with van der Waals surface area (Å²) in [5.41, 5.74) is -0.477. The summed E-state index contributed by atoms with van der Waals surface area (Å²) in [4.78, 5) is 22.5.